The van der Waals surface area contributed by atoms with Gasteiger partial charge in [-0.3, -0.25) is 9.89 Å². The van der Waals surface area contributed by atoms with Gasteiger partial charge in [-0.25, -0.2) is 0 Å². The Morgan fingerprint density at radius 2 is 2.00 bits per heavy atom. The number of anilines is 1. The molecule has 0 saturated heterocycles. The molecule has 0 aliphatic carbocycles. The number of nitrogens with two attached hydrogens (primary N) is 1. The Morgan fingerprint density at radius 1 is 1.30 bits per heavy atom. The summed E-state index contributed by atoms with van der Waals surface area (Å²) in [4.78, 5) is 6.99. The standard InChI is InChI=1S/C18H32N4O/c1-6-22(7-2)16(11-14(3)4)13-20-18(19)21-15-9-8-10-17(12-15)23-5/h8-10,12,14,16H,6-7,11,13H2,1-5H3,(H3,19,20,21). The Labute approximate surface area is 140 Å². The average Bonchev–Trinajstić information content (AvgIpc) is 2.53. The molecule has 0 radical (unpaired) electrons. The van der Waals surface area contributed by atoms with Crippen molar-refractivity contribution in [3.63, 3.8) is 0 Å². The fourth-order valence-electron chi connectivity index (χ4n) is 2.72. The normalized spacial score (nSPS) is 13.4. The van der Waals surface area contributed by atoms with Crippen LogP contribution >= 0.6 is 0 Å². The smallest absolute Gasteiger partial charge is 0.193 e. The number of nitrogens with zero attached hydrogens (tertiary/aromatic N) is 2. The van der Waals surface area contributed by atoms with Gasteiger partial charge in [0.1, 0.15) is 5.75 Å². The molecule has 0 heterocycles. The second kappa shape index (κ2) is 10.1. The van der Waals surface area contributed by atoms with E-state index < -0.39 is 0 Å². The molecule has 1 aromatic rings. The van der Waals surface area contributed by atoms with Gasteiger partial charge in [0.15, 0.2) is 5.96 Å². The third-order valence-electron chi connectivity index (χ3n) is 3.89. The summed E-state index contributed by atoms with van der Waals surface area (Å²) < 4.78 is 5.21. The molecule has 130 valence electrons. The Bertz CT molecular complexity index is 484. The van der Waals surface area contributed by atoms with Crippen LogP contribution in [0.3, 0.4) is 0 Å². The van der Waals surface area contributed by atoms with Crippen LogP contribution in [0.15, 0.2) is 29.3 Å². The molecule has 0 saturated carbocycles. The zero-order valence-electron chi connectivity index (χ0n) is 15.2. The van der Waals surface area contributed by atoms with Crippen LogP contribution in [0.25, 0.3) is 0 Å². The van der Waals surface area contributed by atoms with E-state index in [0.717, 1.165) is 30.9 Å². The van der Waals surface area contributed by atoms with Crippen LogP contribution in [0.2, 0.25) is 0 Å². The van der Waals surface area contributed by atoms with Crippen LogP contribution in [-0.4, -0.2) is 43.6 Å². The Hall–Kier alpha value is -1.75. The largest absolute Gasteiger partial charge is 0.497 e. The molecule has 0 aromatic heterocycles. The molecule has 3 N–H and O–H groups in total. The maximum atomic E-state index is 6.04. The van der Waals surface area contributed by atoms with Crippen LogP contribution in [0.5, 0.6) is 5.75 Å². The van der Waals surface area contributed by atoms with Gasteiger partial charge in [0.05, 0.1) is 13.7 Å². The minimum Gasteiger partial charge on any atom is -0.497 e. The quantitative estimate of drug-likeness (QED) is 0.542. The van der Waals surface area contributed by atoms with Crippen molar-refractivity contribution in [2.24, 2.45) is 16.6 Å². The van der Waals surface area contributed by atoms with Crippen LogP contribution in [0.4, 0.5) is 5.69 Å². The number of nitrogens with one attached hydrogen (secondary N) is 1. The first-order chi connectivity index (χ1) is 11.0. The first-order valence-corrected chi connectivity index (χ1v) is 8.45. The number of hydrogen-bond donors (Lipinski definition) is 2. The molecular weight excluding hydrogens is 288 g/mol. The highest BCUT2D eigenvalue weighted by molar-refractivity contribution is 5.92. The highest BCUT2D eigenvalue weighted by atomic mass is 16.5. The highest BCUT2D eigenvalue weighted by Crippen LogP contribution is 2.16. The van der Waals surface area contributed by atoms with Crippen molar-refractivity contribution in [1.82, 2.24) is 4.90 Å². The van der Waals surface area contributed by atoms with Gasteiger partial charge >= 0.3 is 0 Å². The van der Waals surface area contributed by atoms with Gasteiger partial charge < -0.3 is 15.8 Å². The maximum absolute atomic E-state index is 6.04. The summed E-state index contributed by atoms with van der Waals surface area (Å²) in [5.74, 6) is 1.88. The van der Waals surface area contributed by atoms with E-state index in [1.54, 1.807) is 7.11 Å². The van der Waals surface area contributed by atoms with Crippen LogP contribution in [0, 0.1) is 5.92 Å². The summed E-state index contributed by atoms with van der Waals surface area (Å²) in [6.45, 7) is 11.7. The summed E-state index contributed by atoms with van der Waals surface area (Å²) in [6.07, 6.45) is 1.12. The molecule has 0 spiro atoms. The summed E-state index contributed by atoms with van der Waals surface area (Å²) in [6, 6.07) is 8.10. The lowest BCUT2D eigenvalue weighted by molar-refractivity contribution is 0.196. The van der Waals surface area contributed by atoms with Crippen molar-refractivity contribution in [3.05, 3.63) is 24.3 Å². The predicted octanol–water partition coefficient (Wildman–Crippen LogP) is 3.18. The second-order valence-corrected chi connectivity index (χ2v) is 6.09. The molecule has 23 heavy (non-hydrogen) atoms. The number of methoxy groups -OCH3 is 1. The Balaban J connectivity index is 2.70. The zero-order valence-corrected chi connectivity index (χ0v) is 15.2. The van der Waals surface area contributed by atoms with Gasteiger partial charge in [0, 0.05) is 17.8 Å². The minimum atomic E-state index is 0.427. The van der Waals surface area contributed by atoms with E-state index in [1.807, 2.05) is 24.3 Å². The molecule has 0 aliphatic rings. The number of likely N-dealkylation sites (N-methyl/N-ethyl adjacent to an activating group) is 1. The zero-order chi connectivity index (χ0) is 17.2. The predicted molar refractivity (Wildman–Crippen MR) is 99.3 cm³/mol. The number of hydrogen-bond acceptors (Lipinski definition) is 3. The molecule has 5 nitrogen and oxygen atoms in total. The lowest BCUT2D eigenvalue weighted by atomic mass is 10.0. The Morgan fingerprint density at radius 3 is 2.57 bits per heavy atom. The summed E-state index contributed by atoms with van der Waals surface area (Å²) in [5, 5.41) is 3.13. The molecule has 0 amide bonds. The molecule has 5 heteroatoms. The van der Waals surface area contributed by atoms with Gasteiger partial charge in [0.2, 0.25) is 0 Å². The van der Waals surface area contributed by atoms with E-state index in [9.17, 15) is 0 Å². The molecular formula is C18H32N4O. The minimum absolute atomic E-state index is 0.427. The SMILES string of the molecule is CCN(CC)C(CN=C(N)Nc1cccc(OC)c1)CC(C)C. The molecule has 1 atom stereocenters. The first kappa shape index (κ1) is 19.3. The second-order valence-electron chi connectivity index (χ2n) is 6.09. The van der Waals surface area contributed by atoms with Gasteiger partial charge in [0.25, 0.3) is 0 Å². The molecule has 1 rings (SSSR count). The fraction of sp³-hybridized carbons (Fsp3) is 0.611. The fourth-order valence-corrected chi connectivity index (χ4v) is 2.72. The molecule has 0 fully saturated rings. The lowest BCUT2D eigenvalue weighted by Gasteiger charge is -2.29. The van der Waals surface area contributed by atoms with E-state index in [0.29, 0.717) is 24.5 Å². The molecule has 1 unspecified atom stereocenters. The molecule has 1 aromatic carbocycles. The number of aliphatic imine (C=N–C) groups is 1. The van der Waals surface area contributed by atoms with Crippen LogP contribution in [-0.2, 0) is 0 Å². The lowest BCUT2D eigenvalue weighted by Crippen LogP contribution is -2.39. The maximum Gasteiger partial charge on any atom is 0.193 e. The van der Waals surface area contributed by atoms with E-state index in [2.05, 4.69) is 42.9 Å². The van der Waals surface area contributed by atoms with Gasteiger partial charge in [-0.05, 0) is 37.6 Å². The summed E-state index contributed by atoms with van der Waals surface area (Å²) >= 11 is 0. The van der Waals surface area contributed by atoms with Crippen molar-refractivity contribution in [2.45, 2.75) is 40.2 Å². The van der Waals surface area contributed by atoms with Gasteiger partial charge in [-0.1, -0.05) is 33.8 Å². The number of rotatable bonds is 9. The number of benzene rings is 1. The van der Waals surface area contributed by atoms with Crippen LogP contribution < -0.4 is 15.8 Å². The van der Waals surface area contributed by atoms with Crippen molar-refractivity contribution in [2.75, 3.05) is 32.1 Å². The van der Waals surface area contributed by atoms with Crippen molar-refractivity contribution < 1.29 is 4.74 Å². The van der Waals surface area contributed by atoms with Gasteiger partial charge in [-0.15, -0.1) is 0 Å². The topological polar surface area (TPSA) is 62.9 Å². The van der Waals surface area contributed by atoms with E-state index in [1.165, 1.54) is 0 Å². The van der Waals surface area contributed by atoms with Crippen molar-refractivity contribution >= 4 is 11.6 Å². The van der Waals surface area contributed by atoms with E-state index >= 15 is 0 Å². The Kier molecular flexibility index (Phi) is 8.48. The van der Waals surface area contributed by atoms with Gasteiger partial charge in [-0.2, -0.15) is 0 Å². The summed E-state index contributed by atoms with van der Waals surface area (Å²) in [5.41, 5.74) is 6.92. The highest BCUT2D eigenvalue weighted by Gasteiger charge is 2.16. The van der Waals surface area contributed by atoms with Crippen molar-refractivity contribution in [1.29, 1.82) is 0 Å². The third-order valence-corrected chi connectivity index (χ3v) is 3.89. The first-order valence-electron chi connectivity index (χ1n) is 8.45. The molecule has 0 bridgehead atoms. The van der Waals surface area contributed by atoms with Crippen LogP contribution in [0.1, 0.15) is 34.1 Å². The monoisotopic (exact) mass is 320 g/mol. The number of ether oxygens (including phenoxy) is 1. The molecule has 0 aliphatic heterocycles. The number of guanidine groups is 1. The average molecular weight is 320 g/mol. The van der Waals surface area contributed by atoms with E-state index in [4.69, 9.17) is 10.5 Å². The van der Waals surface area contributed by atoms with Crippen molar-refractivity contribution in [3.8, 4) is 5.75 Å². The third kappa shape index (κ3) is 6.91. The van der Waals surface area contributed by atoms with E-state index in [-0.39, 0.29) is 0 Å². The summed E-state index contributed by atoms with van der Waals surface area (Å²) in [7, 11) is 1.65.